The second kappa shape index (κ2) is 11.7. The van der Waals surface area contributed by atoms with Gasteiger partial charge in [-0.1, -0.05) is 19.8 Å². The van der Waals surface area contributed by atoms with Gasteiger partial charge in [-0.15, -0.1) is 11.3 Å². The van der Waals surface area contributed by atoms with Crippen LogP contribution in [0.25, 0.3) is 0 Å². The van der Waals surface area contributed by atoms with E-state index in [0.717, 1.165) is 30.8 Å². The summed E-state index contributed by atoms with van der Waals surface area (Å²) in [7, 11) is -2.81. The molecule has 2 rings (SSSR count). The summed E-state index contributed by atoms with van der Waals surface area (Å²) in [5, 5.41) is 3.81. The molecular formula is C14H23NaO6S2. The van der Waals surface area contributed by atoms with Crippen molar-refractivity contribution in [2.75, 3.05) is 19.8 Å². The van der Waals surface area contributed by atoms with Crippen LogP contribution in [0.4, 0.5) is 0 Å². The van der Waals surface area contributed by atoms with Crippen LogP contribution >= 0.6 is 11.3 Å². The molecule has 2 heterocycles. The van der Waals surface area contributed by atoms with Crippen LogP contribution in [0.2, 0.25) is 0 Å². The van der Waals surface area contributed by atoms with E-state index in [1.165, 1.54) is 11.3 Å². The molecule has 0 radical (unpaired) electrons. The molecule has 0 fully saturated rings. The van der Waals surface area contributed by atoms with E-state index < -0.39 is 11.0 Å². The predicted molar refractivity (Wildman–Crippen MR) is 91.5 cm³/mol. The van der Waals surface area contributed by atoms with Crippen LogP contribution in [-0.4, -0.2) is 70.0 Å². The fraction of sp³-hybridized carbons (Fsp3) is 0.714. The first-order valence-electron chi connectivity index (χ1n) is 7.43. The maximum atomic E-state index is 10.7. The van der Waals surface area contributed by atoms with Gasteiger partial charge in [-0.25, -0.2) is 8.42 Å². The molecule has 0 bridgehead atoms. The third-order valence-corrected chi connectivity index (χ3v) is 4.48. The van der Waals surface area contributed by atoms with E-state index in [1.54, 1.807) is 0 Å². The summed E-state index contributed by atoms with van der Waals surface area (Å²) in [6.07, 6.45) is 2.80. The minimum absolute atomic E-state index is 0. The summed E-state index contributed by atoms with van der Waals surface area (Å²) in [4.78, 5) is 0. The molecular weight excluding hydrogens is 351 g/mol. The van der Waals surface area contributed by atoms with E-state index >= 15 is 0 Å². The van der Waals surface area contributed by atoms with Crippen molar-refractivity contribution in [3.63, 3.8) is 0 Å². The standard InChI is InChI=1S/C14H22O6S2.Na.H/c1-2-3-4-11(20-22(15)16)5-6-17-7-12-8-18-13-9-21-10-14(13)19-12;;/h9-12,22H,2-8H2,1H3;;. The number of thiol groups is 1. The molecule has 1 aliphatic rings. The van der Waals surface area contributed by atoms with E-state index in [9.17, 15) is 8.42 Å². The zero-order valence-electron chi connectivity index (χ0n) is 12.6. The molecule has 0 spiro atoms. The Labute approximate surface area is 164 Å². The Balaban J connectivity index is 0.00000264. The molecule has 128 valence electrons. The number of unbranched alkanes of at least 4 members (excludes halogenated alkanes) is 1. The van der Waals surface area contributed by atoms with Gasteiger partial charge < -0.3 is 14.2 Å². The van der Waals surface area contributed by atoms with Gasteiger partial charge in [0.05, 0.1) is 12.7 Å². The van der Waals surface area contributed by atoms with Crippen LogP contribution in [-0.2, 0) is 19.9 Å². The topological polar surface area (TPSA) is 71.1 Å². The van der Waals surface area contributed by atoms with Crippen LogP contribution in [0.15, 0.2) is 10.8 Å². The summed E-state index contributed by atoms with van der Waals surface area (Å²) in [6.45, 7) is 3.38. The van der Waals surface area contributed by atoms with Crippen molar-refractivity contribution >= 4 is 51.9 Å². The zero-order chi connectivity index (χ0) is 15.8. The molecule has 2 unspecified atom stereocenters. The number of thiophene rings is 1. The Morgan fingerprint density at radius 1 is 1.35 bits per heavy atom. The molecule has 9 heteroatoms. The normalized spacial score (nSPS) is 17.7. The van der Waals surface area contributed by atoms with Crippen LogP contribution in [0, 0.1) is 0 Å². The van der Waals surface area contributed by atoms with Crippen molar-refractivity contribution in [1.82, 2.24) is 0 Å². The molecule has 0 aliphatic carbocycles. The van der Waals surface area contributed by atoms with Gasteiger partial charge in [0.1, 0.15) is 6.61 Å². The van der Waals surface area contributed by atoms with Crippen molar-refractivity contribution in [2.45, 2.75) is 44.8 Å². The summed E-state index contributed by atoms with van der Waals surface area (Å²) in [6, 6.07) is 0. The Morgan fingerprint density at radius 3 is 2.87 bits per heavy atom. The summed E-state index contributed by atoms with van der Waals surface area (Å²) in [5.74, 6) is 1.55. The van der Waals surface area contributed by atoms with Gasteiger partial charge in [0.15, 0.2) is 17.6 Å². The summed E-state index contributed by atoms with van der Waals surface area (Å²) < 4.78 is 43.1. The average molecular weight is 374 g/mol. The quantitative estimate of drug-likeness (QED) is 0.382. The molecule has 0 saturated carbocycles. The molecule has 0 amide bonds. The third kappa shape index (κ3) is 7.72. The molecule has 0 aromatic carbocycles. The monoisotopic (exact) mass is 374 g/mol. The van der Waals surface area contributed by atoms with Gasteiger partial charge in [-0.2, -0.15) is 0 Å². The van der Waals surface area contributed by atoms with Gasteiger partial charge in [0.2, 0.25) is 0 Å². The Morgan fingerprint density at radius 2 is 2.13 bits per heavy atom. The molecule has 2 atom stereocenters. The Kier molecular flexibility index (Phi) is 10.8. The van der Waals surface area contributed by atoms with Crippen LogP contribution < -0.4 is 9.47 Å². The van der Waals surface area contributed by atoms with Crippen molar-refractivity contribution in [3.05, 3.63) is 10.8 Å². The van der Waals surface area contributed by atoms with Gasteiger partial charge in [0, 0.05) is 17.4 Å². The molecule has 1 aliphatic heterocycles. The van der Waals surface area contributed by atoms with E-state index in [-0.39, 0.29) is 41.8 Å². The number of hydrogen-bond acceptors (Lipinski definition) is 7. The number of hydrogen-bond donors (Lipinski definition) is 1. The van der Waals surface area contributed by atoms with Crippen LogP contribution in [0.5, 0.6) is 11.5 Å². The van der Waals surface area contributed by atoms with Crippen molar-refractivity contribution in [3.8, 4) is 11.5 Å². The fourth-order valence-corrected chi connectivity index (χ4v) is 3.30. The third-order valence-electron chi connectivity index (χ3n) is 3.31. The molecule has 1 aromatic rings. The van der Waals surface area contributed by atoms with Gasteiger partial charge in [0.25, 0.3) is 11.0 Å². The fourth-order valence-electron chi connectivity index (χ4n) is 2.18. The molecule has 0 N–H and O–H groups in total. The average Bonchev–Trinajstić information content (AvgIpc) is 2.96. The Hall–Kier alpha value is 0.170. The molecule has 6 nitrogen and oxygen atoms in total. The molecule has 23 heavy (non-hydrogen) atoms. The first-order valence-corrected chi connectivity index (χ1v) is 9.47. The first-order chi connectivity index (χ1) is 10.7. The van der Waals surface area contributed by atoms with Crippen molar-refractivity contribution in [1.29, 1.82) is 0 Å². The van der Waals surface area contributed by atoms with Gasteiger partial charge in [-0.3, -0.25) is 4.18 Å². The minimum atomic E-state index is -2.81. The number of ether oxygens (including phenoxy) is 3. The second-order valence-corrected chi connectivity index (χ2v) is 6.51. The van der Waals surface area contributed by atoms with Gasteiger partial charge >= 0.3 is 29.6 Å². The molecule has 1 aromatic heterocycles. The summed E-state index contributed by atoms with van der Waals surface area (Å²) in [5.41, 5.74) is 0. The Bertz CT molecular complexity index is 511. The molecule has 0 saturated heterocycles. The van der Waals surface area contributed by atoms with E-state index in [4.69, 9.17) is 18.4 Å². The number of rotatable bonds is 10. The van der Waals surface area contributed by atoms with E-state index in [2.05, 4.69) is 6.92 Å². The van der Waals surface area contributed by atoms with E-state index in [0.29, 0.717) is 26.2 Å². The SMILES string of the molecule is CCCCC(CCOCC1COc2cscc2O1)O[SH](=O)=O.[NaH]. The zero-order valence-corrected chi connectivity index (χ0v) is 14.3. The second-order valence-electron chi connectivity index (χ2n) is 5.11. The summed E-state index contributed by atoms with van der Waals surface area (Å²) >= 11 is 1.54. The van der Waals surface area contributed by atoms with Crippen molar-refractivity contribution < 1.29 is 26.8 Å². The van der Waals surface area contributed by atoms with Crippen molar-refractivity contribution in [2.24, 2.45) is 0 Å². The maximum absolute atomic E-state index is 10.7. The van der Waals surface area contributed by atoms with Crippen LogP contribution in [0.3, 0.4) is 0 Å². The van der Waals surface area contributed by atoms with Crippen LogP contribution in [0.1, 0.15) is 32.6 Å². The van der Waals surface area contributed by atoms with Gasteiger partial charge in [-0.05, 0) is 12.8 Å². The van der Waals surface area contributed by atoms with E-state index in [1.807, 2.05) is 10.8 Å². The number of fused-ring (bicyclic) bond motifs is 1. The predicted octanol–water partition coefficient (Wildman–Crippen LogP) is 1.75. The first kappa shape index (κ1) is 21.2.